The van der Waals surface area contributed by atoms with Gasteiger partial charge in [-0.2, -0.15) is 0 Å². The van der Waals surface area contributed by atoms with Crippen LogP contribution in [-0.4, -0.2) is 47.4 Å². The second-order valence-corrected chi connectivity index (χ2v) is 16.1. The van der Waals surface area contributed by atoms with Gasteiger partial charge in [0.1, 0.15) is 0 Å². The topological polar surface area (TPSA) is 95.9 Å². The molecule has 0 radical (unpaired) electrons. The smallest absolute Gasteiger partial charge is 0.305 e. The lowest BCUT2D eigenvalue weighted by Crippen LogP contribution is -2.45. The SMILES string of the molecule is CCCCC/C=C\C/C=C\CCCCCCCCCCCC(=O)OCCCC/C=C\CCCCCCC(=O)NC(CO)C(O)/C=C/CCCCCCCCCC. The van der Waals surface area contributed by atoms with Crippen LogP contribution in [0.1, 0.15) is 232 Å². The molecule has 0 aliphatic heterocycles. The number of rotatable bonds is 43. The maximum Gasteiger partial charge on any atom is 0.305 e. The monoisotopic (exact) mass is 786 g/mol. The van der Waals surface area contributed by atoms with Crippen LogP contribution in [0, 0.1) is 0 Å². The molecule has 0 rings (SSSR count). The number of aliphatic hydroxyl groups excluding tert-OH is 2. The van der Waals surface area contributed by atoms with E-state index in [9.17, 15) is 19.8 Å². The van der Waals surface area contributed by atoms with Crippen molar-refractivity contribution < 1.29 is 24.5 Å². The van der Waals surface area contributed by atoms with E-state index in [2.05, 4.69) is 55.6 Å². The molecular formula is C50H91NO5. The summed E-state index contributed by atoms with van der Waals surface area (Å²) in [7, 11) is 0. The van der Waals surface area contributed by atoms with Gasteiger partial charge in [-0.3, -0.25) is 9.59 Å². The minimum absolute atomic E-state index is 0.0439. The summed E-state index contributed by atoms with van der Waals surface area (Å²) in [5.41, 5.74) is 0. The molecule has 56 heavy (non-hydrogen) atoms. The molecule has 3 N–H and O–H groups in total. The first-order valence-corrected chi connectivity index (χ1v) is 23.9. The van der Waals surface area contributed by atoms with E-state index in [0.29, 0.717) is 19.4 Å². The van der Waals surface area contributed by atoms with Crippen molar-refractivity contribution in [2.45, 2.75) is 244 Å². The number of carbonyl (C=O) groups excluding carboxylic acids is 2. The van der Waals surface area contributed by atoms with Crippen molar-refractivity contribution in [1.29, 1.82) is 0 Å². The Morgan fingerprint density at radius 1 is 0.500 bits per heavy atom. The van der Waals surface area contributed by atoms with Crippen LogP contribution in [0.2, 0.25) is 0 Å². The number of allylic oxidation sites excluding steroid dienone is 7. The molecule has 0 aromatic heterocycles. The number of nitrogens with one attached hydrogen (secondary N) is 1. The van der Waals surface area contributed by atoms with E-state index in [0.717, 1.165) is 83.5 Å². The van der Waals surface area contributed by atoms with Gasteiger partial charge >= 0.3 is 5.97 Å². The average molecular weight is 786 g/mol. The van der Waals surface area contributed by atoms with Gasteiger partial charge in [0.2, 0.25) is 5.91 Å². The molecule has 2 atom stereocenters. The second-order valence-electron chi connectivity index (χ2n) is 16.1. The molecule has 0 bridgehead atoms. The molecule has 6 nitrogen and oxygen atoms in total. The number of unbranched alkanes of at least 4 members (excludes halogenated alkanes) is 26. The van der Waals surface area contributed by atoms with Gasteiger partial charge in [-0.1, -0.05) is 178 Å². The molecule has 0 aromatic carbocycles. The average Bonchev–Trinajstić information content (AvgIpc) is 3.20. The molecule has 326 valence electrons. The van der Waals surface area contributed by atoms with Crippen molar-refractivity contribution in [1.82, 2.24) is 5.32 Å². The molecule has 0 aliphatic carbocycles. The summed E-state index contributed by atoms with van der Waals surface area (Å²) in [6.45, 7) is 4.75. The lowest BCUT2D eigenvalue weighted by atomic mass is 10.1. The number of hydrogen-bond acceptors (Lipinski definition) is 5. The third-order valence-corrected chi connectivity index (χ3v) is 10.6. The van der Waals surface area contributed by atoms with Gasteiger partial charge in [0.25, 0.3) is 0 Å². The van der Waals surface area contributed by atoms with Crippen LogP contribution in [0.25, 0.3) is 0 Å². The summed E-state index contributed by atoms with van der Waals surface area (Å²) in [5.74, 6) is -0.152. The van der Waals surface area contributed by atoms with Crippen LogP contribution >= 0.6 is 0 Å². The van der Waals surface area contributed by atoms with Crippen molar-refractivity contribution in [3.05, 3.63) is 48.6 Å². The van der Waals surface area contributed by atoms with E-state index in [1.54, 1.807) is 6.08 Å². The molecule has 0 spiro atoms. The predicted octanol–water partition coefficient (Wildman–Crippen LogP) is 13.9. The van der Waals surface area contributed by atoms with Crippen LogP contribution in [-0.2, 0) is 14.3 Å². The Hall–Kier alpha value is -2.18. The first-order valence-electron chi connectivity index (χ1n) is 23.9. The summed E-state index contributed by atoms with van der Waals surface area (Å²) in [6.07, 6.45) is 55.4. The Balaban J connectivity index is 3.54. The zero-order valence-electron chi connectivity index (χ0n) is 36.8. The van der Waals surface area contributed by atoms with E-state index >= 15 is 0 Å². The van der Waals surface area contributed by atoms with E-state index in [4.69, 9.17) is 4.74 Å². The number of esters is 1. The Morgan fingerprint density at radius 3 is 1.41 bits per heavy atom. The molecule has 2 unspecified atom stereocenters. The Morgan fingerprint density at radius 2 is 0.893 bits per heavy atom. The molecule has 0 fully saturated rings. The highest BCUT2D eigenvalue weighted by atomic mass is 16.5. The zero-order valence-corrected chi connectivity index (χ0v) is 36.8. The number of carbonyl (C=O) groups is 2. The Labute approximate surface area is 346 Å². The van der Waals surface area contributed by atoms with Crippen LogP contribution < -0.4 is 5.32 Å². The minimum Gasteiger partial charge on any atom is -0.466 e. The van der Waals surface area contributed by atoms with Gasteiger partial charge in [-0.25, -0.2) is 0 Å². The Bertz CT molecular complexity index is 957. The molecule has 0 aromatic rings. The van der Waals surface area contributed by atoms with Crippen LogP contribution in [0.15, 0.2) is 48.6 Å². The normalized spacial score (nSPS) is 13.1. The maximum atomic E-state index is 12.3. The zero-order chi connectivity index (χ0) is 40.8. The lowest BCUT2D eigenvalue weighted by molar-refractivity contribution is -0.143. The highest BCUT2D eigenvalue weighted by Crippen LogP contribution is 2.14. The van der Waals surface area contributed by atoms with Crippen LogP contribution in [0.4, 0.5) is 0 Å². The first-order chi connectivity index (χ1) is 27.5. The fourth-order valence-electron chi connectivity index (χ4n) is 6.83. The number of amides is 1. The maximum absolute atomic E-state index is 12.3. The standard InChI is InChI=1S/C50H91NO5/c1-3-5-7-9-11-13-15-16-17-18-19-20-21-22-23-28-32-36-40-44-50(55)56-45-41-37-33-29-25-24-27-31-35-39-43-49(54)51-47(46-52)48(53)42-38-34-30-26-14-12-10-8-6-4-2/h11,13,16-17,25,29,38,42,47-48,52-53H,3-10,12,14-15,18-24,26-28,30-37,39-41,43-46H2,1-2H3,(H,51,54)/b13-11-,17-16-,29-25-,42-38+. The summed E-state index contributed by atoms with van der Waals surface area (Å²) in [4.78, 5) is 24.4. The van der Waals surface area contributed by atoms with Crippen molar-refractivity contribution >= 4 is 11.9 Å². The van der Waals surface area contributed by atoms with Crippen molar-refractivity contribution in [3.63, 3.8) is 0 Å². The number of hydrogen-bond donors (Lipinski definition) is 3. The van der Waals surface area contributed by atoms with Gasteiger partial charge in [0, 0.05) is 12.8 Å². The third-order valence-electron chi connectivity index (χ3n) is 10.6. The summed E-state index contributed by atoms with van der Waals surface area (Å²) in [6, 6.07) is -0.652. The largest absolute Gasteiger partial charge is 0.466 e. The molecule has 0 saturated heterocycles. The van der Waals surface area contributed by atoms with E-state index in [-0.39, 0.29) is 18.5 Å². The van der Waals surface area contributed by atoms with Gasteiger partial charge in [-0.05, 0) is 89.9 Å². The van der Waals surface area contributed by atoms with Gasteiger partial charge in [0.15, 0.2) is 0 Å². The summed E-state index contributed by atoms with van der Waals surface area (Å²) >= 11 is 0. The summed E-state index contributed by atoms with van der Waals surface area (Å²) < 4.78 is 5.43. The van der Waals surface area contributed by atoms with Crippen molar-refractivity contribution in [2.24, 2.45) is 0 Å². The van der Waals surface area contributed by atoms with Gasteiger partial charge < -0.3 is 20.3 Å². The second kappa shape index (κ2) is 45.5. The highest BCUT2D eigenvalue weighted by Gasteiger charge is 2.18. The van der Waals surface area contributed by atoms with Crippen molar-refractivity contribution in [3.8, 4) is 0 Å². The predicted molar refractivity (Wildman–Crippen MR) is 241 cm³/mol. The lowest BCUT2D eigenvalue weighted by Gasteiger charge is -2.20. The number of aliphatic hydroxyl groups is 2. The van der Waals surface area contributed by atoms with Crippen LogP contribution in [0.3, 0.4) is 0 Å². The minimum atomic E-state index is -0.865. The fraction of sp³-hybridized carbons (Fsp3) is 0.800. The first kappa shape index (κ1) is 53.8. The molecule has 0 heterocycles. The van der Waals surface area contributed by atoms with Crippen molar-refractivity contribution in [2.75, 3.05) is 13.2 Å². The Kier molecular flexibility index (Phi) is 43.7. The number of ether oxygens (including phenoxy) is 1. The van der Waals surface area contributed by atoms with Crippen LogP contribution in [0.5, 0.6) is 0 Å². The van der Waals surface area contributed by atoms with E-state index < -0.39 is 12.1 Å². The van der Waals surface area contributed by atoms with Gasteiger partial charge in [-0.15, -0.1) is 0 Å². The fourth-order valence-corrected chi connectivity index (χ4v) is 6.83. The quantitative estimate of drug-likeness (QED) is 0.0325. The van der Waals surface area contributed by atoms with E-state index in [1.165, 1.54) is 122 Å². The van der Waals surface area contributed by atoms with Gasteiger partial charge in [0.05, 0.1) is 25.4 Å². The molecule has 0 saturated carbocycles. The molecule has 1 amide bonds. The molecular weight excluding hydrogens is 695 g/mol. The highest BCUT2D eigenvalue weighted by molar-refractivity contribution is 5.76. The molecule has 0 aliphatic rings. The van der Waals surface area contributed by atoms with E-state index in [1.807, 2.05) is 6.08 Å². The summed E-state index contributed by atoms with van der Waals surface area (Å²) in [5, 5.41) is 22.9. The third kappa shape index (κ3) is 41.5. The molecule has 6 heteroatoms.